The minimum atomic E-state index is -2.38. The normalized spacial score (nSPS) is 17.2. The molecule has 1 aliphatic rings. The van der Waals surface area contributed by atoms with Crippen LogP contribution in [0.15, 0.2) is 34.8 Å². The standard InChI is InChI=1S/C31H46BBrF2N2O3Si/c1-9-21-15-26-25(27(33)16-21)11-10-12-29(26)37(32(6)39)19-30(40-41(7,8)31(3,4)5)28(36-20(2)38)17-22-13-23(34)18-24(35)14-22/h13-16,18,28-30,39H,9-12,17,19H2,1-8H3,(H,36,38)/t28-,29-,30+/m0/s1. The molecule has 1 amide bonds. The summed E-state index contributed by atoms with van der Waals surface area (Å²) in [5, 5.41) is 14.1. The zero-order valence-electron chi connectivity index (χ0n) is 25.8. The zero-order chi connectivity index (χ0) is 30.7. The summed E-state index contributed by atoms with van der Waals surface area (Å²) in [7, 11) is -3.17. The Hall–Kier alpha value is -1.59. The van der Waals surface area contributed by atoms with Crippen LogP contribution in [0.5, 0.6) is 0 Å². The minimum absolute atomic E-state index is 0.0448. The van der Waals surface area contributed by atoms with Crippen molar-refractivity contribution in [2.75, 3.05) is 6.54 Å². The molecule has 0 bridgehead atoms. The van der Waals surface area contributed by atoms with Crippen molar-refractivity contribution in [3.05, 3.63) is 68.7 Å². The molecule has 10 heteroatoms. The quantitative estimate of drug-likeness (QED) is 0.252. The molecule has 2 N–H and O–H groups in total. The Morgan fingerprint density at radius 1 is 1.20 bits per heavy atom. The molecule has 0 radical (unpaired) electrons. The molecule has 0 fully saturated rings. The van der Waals surface area contributed by atoms with Gasteiger partial charge in [-0.05, 0) is 97.5 Å². The summed E-state index contributed by atoms with van der Waals surface area (Å²) in [5.41, 5.74) is 4.14. The van der Waals surface area contributed by atoms with Gasteiger partial charge in [0, 0.05) is 30.0 Å². The Morgan fingerprint density at radius 3 is 2.37 bits per heavy atom. The Kier molecular flexibility index (Phi) is 11.4. The fourth-order valence-corrected chi connectivity index (χ4v) is 7.59. The second-order valence-electron chi connectivity index (χ2n) is 12.9. The van der Waals surface area contributed by atoms with Crippen LogP contribution in [0, 0.1) is 11.6 Å². The maximum atomic E-state index is 14.2. The van der Waals surface area contributed by atoms with Crippen LogP contribution in [0.3, 0.4) is 0 Å². The first-order valence-electron chi connectivity index (χ1n) is 14.7. The molecule has 0 aromatic heterocycles. The number of halogens is 3. The molecule has 0 unspecified atom stereocenters. The van der Waals surface area contributed by atoms with Gasteiger partial charge in [-0.25, -0.2) is 8.78 Å². The van der Waals surface area contributed by atoms with Gasteiger partial charge in [0.25, 0.3) is 0 Å². The van der Waals surface area contributed by atoms with E-state index >= 15 is 0 Å². The van der Waals surface area contributed by atoms with Crippen molar-refractivity contribution in [2.45, 2.75) is 110 Å². The van der Waals surface area contributed by atoms with Crippen molar-refractivity contribution in [1.29, 1.82) is 0 Å². The lowest BCUT2D eigenvalue weighted by molar-refractivity contribution is -0.120. The second-order valence-corrected chi connectivity index (χ2v) is 18.6. The number of hydrogen-bond donors (Lipinski definition) is 2. The third-order valence-corrected chi connectivity index (χ3v) is 13.9. The summed E-state index contributed by atoms with van der Waals surface area (Å²) in [6, 6.07) is 7.27. The van der Waals surface area contributed by atoms with Gasteiger partial charge in [0.1, 0.15) is 11.6 Å². The fraction of sp³-hybridized carbons (Fsp3) is 0.581. The van der Waals surface area contributed by atoms with Gasteiger partial charge in [0.05, 0.1) is 12.1 Å². The first-order valence-corrected chi connectivity index (χ1v) is 18.4. The van der Waals surface area contributed by atoms with E-state index in [0.29, 0.717) is 12.1 Å². The number of carbonyl (C=O) groups is 1. The molecule has 0 aliphatic heterocycles. The van der Waals surface area contributed by atoms with Gasteiger partial charge in [0.15, 0.2) is 8.32 Å². The summed E-state index contributed by atoms with van der Waals surface area (Å²) in [5.74, 6) is -1.57. The van der Waals surface area contributed by atoms with Crippen LogP contribution in [-0.4, -0.2) is 49.8 Å². The first kappa shape index (κ1) is 33.9. The smallest absolute Gasteiger partial charge is 0.377 e. The fourth-order valence-electron chi connectivity index (χ4n) is 5.52. The van der Waals surface area contributed by atoms with Crippen LogP contribution in [0.1, 0.15) is 75.8 Å². The van der Waals surface area contributed by atoms with Crippen LogP contribution >= 0.6 is 15.9 Å². The average molecular weight is 652 g/mol. The van der Waals surface area contributed by atoms with Gasteiger partial charge < -0.3 is 19.6 Å². The summed E-state index contributed by atoms with van der Waals surface area (Å²) < 4.78 is 36.4. The number of benzene rings is 2. The second kappa shape index (κ2) is 13.8. The van der Waals surface area contributed by atoms with Crippen LogP contribution in [0.25, 0.3) is 0 Å². The van der Waals surface area contributed by atoms with Crippen molar-refractivity contribution >= 4 is 37.2 Å². The zero-order valence-corrected chi connectivity index (χ0v) is 28.4. The molecule has 0 heterocycles. The molecule has 2 aromatic carbocycles. The highest BCUT2D eigenvalue weighted by atomic mass is 79.9. The van der Waals surface area contributed by atoms with Crippen molar-refractivity contribution in [2.24, 2.45) is 0 Å². The van der Waals surface area contributed by atoms with E-state index in [1.807, 2.05) is 0 Å². The molecule has 41 heavy (non-hydrogen) atoms. The molecule has 226 valence electrons. The van der Waals surface area contributed by atoms with E-state index in [2.05, 4.69) is 79.0 Å². The van der Waals surface area contributed by atoms with E-state index < -0.39 is 39.1 Å². The third-order valence-electron chi connectivity index (χ3n) is 8.70. The predicted molar refractivity (Wildman–Crippen MR) is 169 cm³/mol. The average Bonchev–Trinajstić information content (AvgIpc) is 2.84. The molecule has 0 saturated carbocycles. The van der Waals surface area contributed by atoms with Crippen molar-refractivity contribution < 1.29 is 23.0 Å². The molecular formula is C31H46BBrF2N2O3Si. The van der Waals surface area contributed by atoms with E-state index in [1.165, 1.54) is 35.7 Å². The highest BCUT2D eigenvalue weighted by Gasteiger charge is 2.43. The van der Waals surface area contributed by atoms with Gasteiger partial charge in [-0.2, -0.15) is 0 Å². The van der Waals surface area contributed by atoms with E-state index in [0.717, 1.165) is 36.2 Å². The molecule has 0 spiro atoms. The highest BCUT2D eigenvalue weighted by molar-refractivity contribution is 9.10. The number of carbonyl (C=O) groups excluding carboxylic acids is 1. The van der Waals surface area contributed by atoms with Crippen LogP contribution in [0.4, 0.5) is 8.78 Å². The lowest BCUT2D eigenvalue weighted by atomic mass is 9.76. The lowest BCUT2D eigenvalue weighted by Crippen LogP contribution is -2.58. The van der Waals surface area contributed by atoms with Crippen molar-refractivity contribution in [1.82, 2.24) is 10.1 Å². The molecule has 5 nitrogen and oxygen atoms in total. The van der Waals surface area contributed by atoms with Gasteiger partial charge in [-0.3, -0.25) is 4.79 Å². The largest absolute Gasteiger partial charge is 0.437 e. The van der Waals surface area contributed by atoms with E-state index in [9.17, 15) is 18.6 Å². The lowest BCUT2D eigenvalue weighted by Gasteiger charge is -2.45. The van der Waals surface area contributed by atoms with Crippen molar-refractivity contribution in [3.8, 4) is 0 Å². The van der Waals surface area contributed by atoms with Crippen LogP contribution in [-0.2, 0) is 28.5 Å². The number of fused-ring (bicyclic) bond motifs is 1. The number of aryl methyl sites for hydroxylation is 1. The van der Waals surface area contributed by atoms with Gasteiger partial charge in [-0.1, -0.05) is 49.7 Å². The van der Waals surface area contributed by atoms with Crippen molar-refractivity contribution in [3.63, 3.8) is 0 Å². The molecule has 3 rings (SSSR count). The Labute approximate surface area is 254 Å². The van der Waals surface area contributed by atoms with E-state index in [1.54, 1.807) is 6.82 Å². The number of nitrogens with zero attached hydrogens (tertiary/aromatic N) is 1. The SMILES string of the molecule is CCc1cc(Br)c2c(c1)[C@@H](N(C[C@@H](O[Si](C)(C)C(C)(C)C)[C@H](Cc1cc(F)cc(F)c1)NC(C)=O)B(C)O)CCC2. The summed E-state index contributed by atoms with van der Waals surface area (Å²) >= 11 is 3.79. The third kappa shape index (κ3) is 8.72. The maximum Gasteiger partial charge on any atom is 0.377 e. The molecule has 2 aromatic rings. The maximum absolute atomic E-state index is 14.2. The van der Waals surface area contributed by atoms with E-state index in [4.69, 9.17) is 4.43 Å². The van der Waals surface area contributed by atoms with Gasteiger partial charge >= 0.3 is 7.05 Å². The first-order chi connectivity index (χ1) is 19.0. The summed E-state index contributed by atoms with van der Waals surface area (Å²) in [6.07, 6.45) is 3.38. The summed E-state index contributed by atoms with van der Waals surface area (Å²) in [6.45, 7) is 16.4. The number of amides is 1. The summed E-state index contributed by atoms with van der Waals surface area (Å²) in [4.78, 5) is 14.5. The monoisotopic (exact) mass is 650 g/mol. The Morgan fingerprint density at radius 2 is 1.83 bits per heavy atom. The molecule has 3 atom stereocenters. The Bertz CT molecular complexity index is 1200. The molecule has 1 aliphatic carbocycles. The predicted octanol–water partition coefficient (Wildman–Crippen LogP) is 7.22. The van der Waals surface area contributed by atoms with Gasteiger partial charge in [0.2, 0.25) is 5.91 Å². The molecule has 0 saturated heterocycles. The molecular weight excluding hydrogens is 605 g/mol. The topological polar surface area (TPSA) is 61.8 Å². The number of nitrogens with one attached hydrogen (secondary N) is 1. The van der Waals surface area contributed by atoms with Gasteiger partial charge in [-0.15, -0.1) is 0 Å². The minimum Gasteiger partial charge on any atom is -0.437 e. The highest BCUT2D eigenvalue weighted by Crippen LogP contribution is 2.41. The number of hydrogen-bond acceptors (Lipinski definition) is 4. The number of rotatable bonds is 11. The van der Waals surface area contributed by atoms with Crippen LogP contribution < -0.4 is 5.32 Å². The van der Waals surface area contributed by atoms with Crippen LogP contribution in [0.2, 0.25) is 25.0 Å². The van der Waals surface area contributed by atoms with E-state index in [-0.39, 0.29) is 23.4 Å². The Balaban J connectivity index is 2.09.